The molecule has 8 nitrogen and oxygen atoms in total. The number of amides is 1. The Kier molecular flexibility index (Phi) is 6.77. The van der Waals surface area contributed by atoms with Crippen molar-refractivity contribution in [3.63, 3.8) is 0 Å². The molecule has 1 aromatic rings. The summed E-state index contributed by atoms with van der Waals surface area (Å²) in [6.45, 7) is 3.43. The lowest BCUT2D eigenvalue weighted by Crippen LogP contribution is -2.44. The van der Waals surface area contributed by atoms with Gasteiger partial charge in [-0.25, -0.2) is 9.78 Å². The summed E-state index contributed by atoms with van der Waals surface area (Å²) in [5.74, 6) is -1.21. The smallest absolute Gasteiger partial charge is 0.326 e. The molecule has 0 aliphatic rings. The van der Waals surface area contributed by atoms with Crippen molar-refractivity contribution >= 4 is 29.3 Å². The molecule has 0 fully saturated rings. The number of carbonyl (C=O) groups excluding carboxylic acids is 1. The van der Waals surface area contributed by atoms with Crippen molar-refractivity contribution in [1.29, 1.82) is 0 Å². The van der Waals surface area contributed by atoms with Crippen LogP contribution in [0.5, 0.6) is 0 Å². The van der Waals surface area contributed by atoms with E-state index < -0.39 is 16.9 Å². The highest BCUT2D eigenvalue weighted by Crippen LogP contribution is 2.18. The number of nitrogens with one attached hydrogen (secondary N) is 1. The fraction of sp³-hybridized carbons (Fsp3) is 0.462. The minimum atomic E-state index is -1.06. The minimum Gasteiger partial charge on any atom is -0.480 e. The standard InChI is InChI=1S/C13H17N3O5S/c1-8(2)12(13(18)19)15-10(17)5-6-22-11-4-3-9(7-14-11)16(20)21/h3-4,7-8,12H,5-6H2,1-2H3,(H,15,17)(H,18,19). The molecule has 9 heteroatoms. The average molecular weight is 327 g/mol. The van der Waals surface area contributed by atoms with Crippen LogP contribution in [0.2, 0.25) is 0 Å². The van der Waals surface area contributed by atoms with Gasteiger partial charge in [-0.05, 0) is 12.0 Å². The maximum absolute atomic E-state index is 11.7. The molecule has 2 N–H and O–H groups in total. The summed E-state index contributed by atoms with van der Waals surface area (Å²) in [6, 6.07) is 1.94. The van der Waals surface area contributed by atoms with Crippen LogP contribution in [0.25, 0.3) is 0 Å². The van der Waals surface area contributed by atoms with Gasteiger partial charge in [-0.2, -0.15) is 0 Å². The van der Waals surface area contributed by atoms with E-state index in [2.05, 4.69) is 10.3 Å². The molecule has 1 unspecified atom stereocenters. The molecule has 1 atom stereocenters. The van der Waals surface area contributed by atoms with Crippen LogP contribution >= 0.6 is 11.8 Å². The van der Waals surface area contributed by atoms with Crippen LogP contribution in [0.1, 0.15) is 20.3 Å². The van der Waals surface area contributed by atoms with Crippen LogP contribution in [-0.4, -0.2) is 38.7 Å². The van der Waals surface area contributed by atoms with E-state index in [0.29, 0.717) is 10.8 Å². The quantitative estimate of drug-likeness (QED) is 0.423. The summed E-state index contributed by atoms with van der Waals surface area (Å²) in [5, 5.41) is 22.5. The van der Waals surface area contributed by atoms with E-state index >= 15 is 0 Å². The lowest BCUT2D eigenvalue weighted by molar-refractivity contribution is -0.385. The van der Waals surface area contributed by atoms with Crippen LogP contribution in [0, 0.1) is 16.0 Å². The molecule has 1 rings (SSSR count). The highest BCUT2D eigenvalue weighted by atomic mass is 32.2. The van der Waals surface area contributed by atoms with Crippen LogP contribution in [0.15, 0.2) is 23.4 Å². The van der Waals surface area contributed by atoms with Gasteiger partial charge in [-0.1, -0.05) is 13.8 Å². The number of thioether (sulfide) groups is 1. The van der Waals surface area contributed by atoms with Gasteiger partial charge in [0.2, 0.25) is 5.91 Å². The third-order valence-corrected chi connectivity index (χ3v) is 3.71. The number of nitrogens with zero attached hydrogens (tertiary/aromatic N) is 2. The fourth-order valence-electron chi connectivity index (χ4n) is 1.57. The second-order valence-electron chi connectivity index (χ2n) is 4.84. The van der Waals surface area contributed by atoms with Crippen molar-refractivity contribution in [3.05, 3.63) is 28.4 Å². The Bertz CT molecular complexity index is 547. The summed E-state index contributed by atoms with van der Waals surface area (Å²) < 4.78 is 0. The van der Waals surface area contributed by atoms with Gasteiger partial charge in [0, 0.05) is 18.2 Å². The summed E-state index contributed by atoms with van der Waals surface area (Å²) in [6.07, 6.45) is 1.29. The first kappa shape index (κ1) is 17.9. The molecule has 0 radical (unpaired) electrons. The number of aliphatic carboxylic acids is 1. The number of pyridine rings is 1. The first-order valence-corrected chi connectivity index (χ1v) is 7.55. The van der Waals surface area contributed by atoms with E-state index in [4.69, 9.17) is 5.11 Å². The van der Waals surface area contributed by atoms with Crippen LogP contribution in [0.3, 0.4) is 0 Å². The van der Waals surface area contributed by atoms with Crippen LogP contribution in [0.4, 0.5) is 5.69 Å². The van der Waals surface area contributed by atoms with Gasteiger partial charge < -0.3 is 10.4 Å². The predicted octanol–water partition coefficient (Wildman–Crippen LogP) is 1.70. The first-order valence-electron chi connectivity index (χ1n) is 6.56. The number of carboxylic acid groups (broad SMARTS) is 1. The zero-order valence-corrected chi connectivity index (χ0v) is 13.0. The van der Waals surface area contributed by atoms with Gasteiger partial charge in [0.25, 0.3) is 5.69 Å². The molecule has 22 heavy (non-hydrogen) atoms. The Hall–Kier alpha value is -2.16. The topological polar surface area (TPSA) is 122 Å². The maximum Gasteiger partial charge on any atom is 0.326 e. The highest BCUT2D eigenvalue weighted by Gasteiger charge is 2.23. The molecular formula is C13H17N3O5S. The third kappa shape index (κ3) is 5.68. The largest absolute Gasteiger partial charge is 0.480 e. The van der Waals surface area contributed by atoms with E-state index in [1.54, 1.807) is 13.8 Å². The Balaban J connectivity index is 2.41. The number of carbonyl (C=O) groups is 2. The Labute approximate surface area is 131 Å². The number of carboxylic acids is 1. The monoisotopic (exact) mass is 327 g/mol. The molecule has 120 valence electrons. The second kappa shape index (κ2) is 8.32. The van der Waals surface area contributed by atoms with Gasteiger partial charge in [-0.3, -0.25) is 14.9 Å². The average Bonchev–Trinajstić information content (AvgIpc) is 2.44. The molecule has 0 spiro atoms. The molecule has 0 aliphatic carbocycles. The Morgan fingerprint density at radius 1 is 1.45 bits per heavy atom. The van der Waals surface area contributed by atoms with Crippen LogP contribution in [-0.2, 0) is 9.59 Å². The summed E-state index contributed by atoms with van der Waals surface area (Å²) >= 11 is 1.27. The number of hydrogen-bond acceptors (Lipinski definition) is 6. The lowest BCUT2D eigenvalue weighted by Gasteiger charge is -2.17. The summed E-state index contributed by atoms with van der Waals surface area (Å²) in [4.78, 5) is 36.5. The zero-order chi connectivity index (χ0) is 16.7. The summed E-state index contributed by atoms with van der Waals surface area (Å²) in [5.41, 5.74) is -0.0941. The molecule has 1 aromatic heterocycles. The number of aromatic nitrogens is 1. The van der Waals surface area contributed by atoms with Gasteiger partial charge in [-0.15, -0.1) is 11.8 Å². The first-order chi connectivity index (χ1) is 10.3. The number of rotatable bonds is 8. The minimum absolute atomic E-state index is 0.0941. The predicted molar refractivity (Wildman–Crippen MR) is 80.6 cm³/mol. The van der Waals surface area contributed by atoms with Gasteiger partial charge in [0.15, 0.2) is 0 Å². The van der Waals surface area contributed by atoms with Crippen molar-refractivity contribution in [3.8, 4) is 0 Å². The Morgan fingerprint density at radius 2 is 2.14 bits per heavy atom. The zero-order valence-electron chi connectivity index (χ0n) is 12.2. The van der Waals surface area contributed by atoms with Crippen molar-refractivity contribution < 1.29 is 19.6 Å². The van der Waals surface area contributed by atoms with Gasteiger partial charge >= 0.3 is 5.97 Å². The van der Waals surface area contributed by atoms with Crippen molar-refractivity contribution in [1.82, 2.24) is 10.3 Å². The molecule has 0 saturated carbocycles. The molecular weight excluding hydrogens is 310 g/mol. The normalized spacial score (nSPS) is 12.0. The van der Waals surface area contributed by atoms with Crippen molar-refractivity contribution in [2.24, 2.45) is 5.92 Å². The van der Waals surface area contributed by atoms with Crippen molar-refractivity contribution in [2.45, 2.75) is 31.3 Å². The molecule has 0 aliphatic heterocycles. The molecule has 0 bridgehead atoms. The summed E-state index contributed by atoms with van der Waals surface area (Å²) in [7, 11) is 0. The van der Waals surface area contributed by atoms with Crippen LogP contribution < -0.4 is 5.32 Å². The van der Waals surface area contributed by atoms with E-state index in [1.165, 1.54) is 23.9 Å². The van der Waals surface area contributed by atoms with Gasteiger partial charge in [0.1, 0.15) is 12.2 Å². The molecule has 0 saturated heterocycles. The molecule has 0 aromatic carbocycles. The molecule has 1 amide bonds. The Morgan fingerprint density at radius 3 is 2.59 bits per heavy atom. The fourth-order valence-corrected chi connectivity index (χ4v) is 2.36. The van der Waals surface area contributed by atoms with E-state index in [0.717, 1.165) is 6.20 Å². The SMILES string of the molecule is CC(C)C(NC(=O)CCSc1ccc([N+](=O)[O-])cn1)C(=O)O. The third-order valence-electron chi connectivity index (χ3n) is 2.76. The number of nitro groups is 1. The van der Waals surface area contributed by atoms with E-state index in [-0.39, 0.29) is 23.9 Å². The van der Waals surface area contributed by atoms with Crippen molar-refractivity contribution in [2.75, 3.05) is 5.75 Å². The number of hydrogen-bond donors (Lipinski definition) is 2. The lowest BCUT2D eigenvalue weighted by atomic mass is 10.0. The second-order valence-corrected chi connectivity index (χ2v) is 5.95. The van der Waals surface area contributed by atoms with E-state index in [1.807, 2.05) is 0 Å². The highest BCUT2D eigenvalue weighted by molar-refractivity contribution is 7.99. The van der Waals surface area contributed by atoms with E-state index in [9.17, 15) is 19.7 Å². The maximum atomic E-state index is 11.7. The molecule has 1 heterocycles. The van der Waals surface area contributed by atoms with Gasteiger partial charge in [0.05, 0.1) is 9.95 Å².